The van der Waals surface area contributed by atoms with Gasteiger partial charge in [0.05, 0.1) is 5.56 Å². The monoisotopic (exact) mass is 309 g/mol. The van der Waals surface area contributed by atoms with Crippen molar-refractivity contribution in [1.29, 1.82) is 5.26 Å². The first-order valence-corrected chi connectivity index (χ1v) is 7.16. The summed E-state index contributed by atoms with van der Waals surface area (Å²) in [6.07, 6.45) is 1.17. The van der Waals surface area contributed by atoms with Crippen LogP contribution in [-0.2, 0) is 10.0 Å². The van der Waals surface area contributed by atoms with E-state index in [2.05, 4.69) is 9.71 Å². The quantitative estimate of drug-likeness (QED) is 0.943. The van der Waals surface area contributed by atoms with Crippen molar-refractivity contribution in [3.05, 3.63) is 53.2 Å². The molecule has 108 valence electrons. The number of aromatic nitrogens is 1. The van der Waals surface area contributed by atoms with Gasteiger partial charge >= 0.3 is 0 Å². The Morgan fingerprint density at radius 3 is 2.52 bits per heavy atom. The van der Waals surface area contributed by atoms with Crippen molar-refractivity contribution in [3.8, 4) is 6.07 Å². The van der Waals surface area contributed by atoms with Crippen LogP contribution in [0.25, 0.3) is 0 Å². The van der Waals surface area contributed by atoms with E-state index in [1.54, 1.807) is 0 Å². The maximum absolute atomic E-state index is 13.6. The Balaban J connectivity index is 2.38. The van der Waals surface area contributed by atoms with Gasteiger partial charge in [-0.25, -0.2) is 22.2 Å². The predicted octanol–water partition coefficient (Wildman–Crippen LogP) is 2.34. The fraction of sp³-hybridized carbons (Fsp3) is 0.0769. The Morgan fingerprint density at radius 2 is 1.95 bits per heavy atom. The van der Waals surface area contributed by atoms with Crippen LogP contribution in [0.1, 0.15) is 11.1 Å². The van der Waals surface area contributed by atoms with E-state index in [4.69, 9.17) is 5.26 Å². The minimum Gasteiger partial charge on any atom is -0.263 e. The topological polar surface area (TPSA) is 82.9 Å². The van der Waals surface area contributed by atoms with E-state index in [0.29, 0.717) is 6.07 Å². The van der Waals surface area contributed by atoms with Crippen LogP contribution in [0.2, 0.25) is 0 Å². The van der Waals surface area contributed by atoms with Gasteiger partial charge in [0.1, 0.15) is 28.4 Å². The molecule has 0 aliphatic heterocycles. The number of hydrogen-bond donors (Lipinski definition) is 1. The van der Waals surface area contributed by atoms with Gasteiger partial charge < -0.3 is 0 Å². The minimum absolute atomic E-state index is 0.00422. The number of aryl methyl sites for hydroxylation is 1. The van der Waals surface area contributed by atoms with Crippen LogP contribution in [0.15, 0.2) is 35.4 Å². The van der Waals surface area contributed by atoms with E-state index in [-0.39, 0.29) is 16.9 Å². The molecular weight excluding hydrogens is 300 g/mol. The van der Waals surface area contributed by atoms with Crippen molar-refractivity contribution in [2.75, 3.05) is 4.72 Å². The molecule has 21 heavy (non-hydrogen) atoms. The highest BCUT2D eigenvalue weighted by Gasteiger charge is 2.21. The number of nitrogens with zero attached hydrogens (tertiary/aromatic N) is 2. The van der Waals surface area contributed by atoms with Gasteiger partial charge in [-0.1, -0.05) is 0 Å². The molecule has 2 rings (SSSR count). The van der Waals surface area contributed by atoms with Crippen molar-refractivity contribution in [2.45, 2.75) is 11.8 Å². The first-order valence-electron chi connectivity index (χ1n) is 5.68. The number of rotatable bonds is 3. The second kappa shape index (κ2) is 5.46. The Morgan fingerprint density at radius 1 is 1.24 bits per heavy atom. The van der Waals surface area contributed by atoms with Crippen LogP contribution in [0, 0.1) is 29.9 Å². The fourth-order valence-electron chi connectivity index (χ4n) is 1.55. The molecule has 0 aliphatic carbocycles. The van der Waals surface area contributed by atoms with Gasteiger partial charge in [0.2, 0.25) is 0 Å². The standard InChI is InChI=1S/C13H9F2N3O2S/c1-8-4-12(11(15)5-10(8)14)21(19,20)18-13-3-2-9(6-16)7-17-13/h2-5,7H,1H3,(H,17,18). The molecule has 2 aromatic rings. The summed E-state index contributed by atoms with van der Waals surface area (Å²) in [5.41, 5.74) is 0.256. The first-order chi connectivity index (χ1) is 9.83. The normalized spacial score (nSPS) is 11.0. The van der Waals surface area contributed by atoms with Crippen LogP contribution < -0.4 is 4.72 Å². The number of halogens is 2. The first kappa shape index (κ1) is 14.9. The Bertz CT molecular complexity index is 828. The predicted molar refractivity (Wildman–Crippen MR) is 70.9 cm³/mol. The molecule has 0 radical (unpaired) electrons. The van der Waals surface area contributed by atoms with Gasteiger partial charge in [0.25, 0.3) is 10.0 Å². The van der Waals surface area contributed by atoms with Crippen molar-refractivity contribution < 1.29 is 17.2 Å². The zero-order valence-corrected chi connectivity index (χ0v) is 11.6. The van der Waals surface area contributed by atoms with E-state index in [1.165, 1.54) is 25.3 Å². The minimum atomic E-state index is -4.24. The summed E-state index contributed by atoms with van der Waals surface area (Å²) in [7, 11) is -4.24. The number of sulfonamides is 1. The van der Waals surface area contributed by atoms with Crippen molar-refractivity contribution >= 4 is 15.8 Å². The van der Waals surface area contributed by atoms with E-state index in [0.717, 1.165) is 6.07 Å². The molecule has 0 atom stereocenters. The lowest BCUT2D eigenvalue weighted by molar-refractivity contribution is 0.547. The summed E-state index contributed by atoms with van der Waals surface area (Å²) in [5, 5.41) is 8.62. The zero-order valence-electron chi connectivity index (χ0n) is 10.8. The van der Waals surface area contributed by atoms with Gasteiger partial charge in [-0.15, -0.1) is 0 Å². The van der Waals surface area contributed by atoms with Crippen LogP contribution in [0.3, 0.4) is 0 Å². The van der Waals surface area contributed by atoms with E-state index < -0.39 is 26.6 Å². The number of nitriles is 1. The largest absolute Gasteiger partial charge is 0.265 e. The molecule has 0 spiro atoms. The summed E-state index contributed by atoms with van der Waals surface area (Å²) >= 11 is 0. The number of nitrogens with one attached hydrogen (secondary N) is 1. The Kier molecular flexibility index (Phi) is 3.86. The van der Waals surface area contributed by atoms with Crippen molar-refractivity contribution in [3.63, 3.8) is 0 Å². The van der Waals surface area contributed by atoms with Crippen LogP contribution in [0.4, 0.5) is 14.6 Å². The van der Waals surface area contributed by atoms with Gasteiger partial charge in [0, 0.05) is 12.3 Å². The Hall–Kier alpha value is -2.53. The lowest BCUT2D eigenvalue weighted by atomic mass is 10.2. The Labute approximate surface area is 119 Å². The maximum atomic E-state index is 13.6. The molecular formula is C13H9F2N3O2S. The highest BCUT2D eigenvalue weighted by molar-refractivity contribution is 7.92. The zero-order chi connectivity index (χ0) is 15.6. The molecule has 0 bridgehead atoms. The number of pyridine rings is 1. The molecule has 0 aliphatic rings. The molecule has 0 saturated carbocycles. The lowest BCUT2D eigenvalue weighted by Gasteiger charge is -2.09. The molecule has 1 aromatic heterocycles. The van der Waals surface area contributed by atoms with E-state index in [1.807, 2.05) is 6.07 Å². The third kappa shape index (κ3) is 3.14. The average Bonchev–Trinajstić information content (AvgIpc) is 2.43. The molecule has 1 N–H and O–H groups in total. The van der Waals surface area contributed by atoms with Gasteiger partial charge in [-0.3, -0.25) is 4.72 Å². The number of anilines is 1. The van der Waals surface area contributed by atoms with Crippen LogP contribution >= 0.6 is 0 Å². The molecule has 8 heteroatoms. The van der Waals surface area contributed by atoms with Gasteiger partial charge in [-0.05, 0) is 30.7 Å². The second-order valence-corrected chi connectivity index (χ2v) is 5.83. The summed E-state index contributed by atoms with van der Waals surface area (Å²) in [5.74, 6) is -2.10. The summed E-state index contributed by atoms with van der Waals surface area (Å²) in [6, 6.07) is 5.87. The lowest BCUT2D eigenvalue weighted by Crippen LogP contribution is -2.16. The summed E-state index contributed by atoms with van der Waals surface area (Å²) in [4.78, 5) is 3.05. The molecule has 1 heterocycles. The third-order valence-electron chi connectivity index (χ3n) is 2.63. The SMILES string of the molecule is Cc1cc(S(=O)(=O)Nc2ccc(C#N)cn2)c(F)cc1F. The second-order valence-electron chi connectivity index (χ2n) is 4.18. The molecule has 0 fully saturated rings. The highest BCUT2D eigenvalue weighted by Crippen LogP contribution is 2.21. The molecule has 1 aromatic carbocycles. The van der Waals surface area contributed by atoms with Crippen molar-refractivity contribution in [1.82, 2.24) is 4.98 Å². The van der Waals surface area contributed by atoms with E-state index in [9.17, 15) is 17.2 Å². The maximum Gasteiger partial charge on any atom is 0.265 e. The molecule has 0 saturated heterocycles. The smallest absolute Gasteiger partial charge is 0.263 e. The van der Waals surface area contributed by atoms with Crippen LogP contribution in [0.5, 0.6) is 0 Å². The van der Waals surface area contributed by atoms with Gasteiger partial charge in [0.15, 0.2) is 0 Å². The van der Waals surface area contributed by atoms with Gasteiger partial charge in [-0.2, -0.15) is 5.26 Å². The highest BCUT2D eigenvalue weighted by atomic mass is 32.2. The molecule has 0 amide bonds. The average molecular weight is 309 g/mol. The molecule has 5 nitrogen and oxygen atoms in total. The summed E-state index contributed by atoms with van der Waals surface area (Å²) in [6.45, 7) is 1.33. The molecule has 0 unspecified atom stereocenters. The van der Waals surface area contributed by atoms with E-state index >= 15 is 0 Å². The number of hydrogen-bond acceptors (Lipinski definition) is 4. The number of benzene rings is 1. The fourth-order valence-corrected chi connectivity index (χ4v) is 2.70. The van der Waals surface area contributed by atoms with Crippen LogP contribution in [-0.4, -0.2) is 13.4 Å². The third-order valence-corrected chi connectivity index (χ3v) is 4.00. The summed E-state index contributed by atoms with van der Waals surface area (Å²) < 4.78 is 53.0. The van der Waals surface area contributed by atoms with Crippen molar-refractivity contribution in [2.24, 2.45) is 0 Å².